The summed E-state index contributed by atoms with van der Waals surface area (Å²) >= 11 is 0. The van der Waals surface area contributed by atoms with Crippen molar-refractivity contribution >= 4 is 23.0 Å². The Morgan fingerprint density at radius 2 is 1.84 bits per heavy atom. The van der Waals surface area contributed by atoms with E-state index in [9.17, 15) is 13.2 Å². The van der Waals surface area contributed by atoms with Crippen LogP contribution in [0.2, 0.25) is 0 Å². The molecule has 0 unspecified atom stereocenters. The number of alkyl halides is 3. The number of hydrogen-bond acceptors (Lipinski definition) is 6. The van der Waals surface area contributed by atoms with E-state index in [4.69, 9.17) is 5.73 Å². The highest BCUT2D eigenvalue weighted by molar-refractivity contribution is 5.78. The van der Waals surface area contributed by atoms with E-state index in [-0.39, 0.29) is 5.69 Å². The number of likely N-dealkylation sites (N-methyl/N-ethyl adjacent to an activating group) is 1. The Labute approximate surface area is 143 Å². The van der Waals surface area contributed by atoms with Crippen LogP contribution >= 0.6 is 0 Å². The number of rotatable bonds is 3. The molecule has 0 amide bonds. The van der Waals surface area contributed by atoms with E-state index >= 15 is 0 Å². The molecule has 9 heteroatoms. The molecule has 0 aliphatic carbocycles. The second-order valence-corrected chi connectivity index (χ2v) is 5.95. The maximum atomic E-state index is 12.8. The fraction of sp³-hybridized carbons (Fsp3) is 0.375. The van der Waals surface area contributed by atoms with Crippen LogP contribution in [0.4, 0.5) is 36.2 Å². The first-order valence-corrected chi connectivity index (χ1v) is 7.83. The van der Waals surface area contributed by atoms with Gasteiger partial charge >= 0.3 is 6.18 Å². The van der Waals surface area contributed by atoms with Gasteiger partial charge < -0.3 is 20.9 Å². The van der Waals surface area contributed by atoms with Crippen molar-refractivity contribution in [3.63, 3.8) is 0 Å². The Bertz CT molecular complexity index is 741. The fourth-order valence-electron chi connectivity index (χ4n) is 2.67. The van der Waals surface area contributed by atoms with E-state index < -0.39 is 11.7 Å². The first kappa shape index (κ1) is 17.3. The number of nitrogens with one attached hydrogen (secondary N) is 1. The van der Waals surface area contributed by atoms with Gasteiger partial charge in [0, 0.05) is 31.9 Å². The normalized spacial score (nSPS) is 16.1. The number of nitrogen functional groups attached to an aromatic ring is 1. The van der Waals surface area contributed by atoms with Gasteiger partial charge in [-0.25, -0.2) is 9.97 Å². The molecule has 0 atom stereocenters. The van der Waals surface area contributed by atoms with Crippen LogP contribution in [0.15, 0.2) is 30.6 Å². The number of nitrogens with two attached hydrogens (primary N) is 1. The van der Waals surface area contributed by atoms with Crippen LogP contribution in [0, 0.1) is 0 Å². The molecule has 0 radical (unpaired) electrons. The topological polar surface area (TPSA) is 70.3 Å². The van der Waals surface area contributed by atoms with Crippen molar-refractivity contribution < 1.29 is 13.2 Å². The average molecular weight is 352 g/mol. The Balaban J connectivity index is 1.83. The monoisotopic (exact) mass is 352 g/mol. The summed E-state index contributed by atoms with van der Waals surface area (Å²) in [6, 6.07) is 4.91. The SMILES string of the molecule is CN1CCN(c2ncnc(Nc3cccc(C(F)(F)F)c3)c2N)CC1. The highest BCUT2D eigenvalue weighted by Gasteiger charge is 2.30. The van der Waals surface area contributed by atoms with Crippen LogP contribution in [-0.4, -0.2) is 48.1 Å². The molecule has 0 bridgehead atoms. The number of aromatic nitrogens is 2. The summed E-state index contributed by atoms with van der Waals surface area (Å²) in [5, 5.41) is 2.86. The predicted molar refractivity (Wildman–Crippen MR) is 90.9 cm³/mol. The lowest BCUT2D eigenvalue weighted by Crippen LogP contribution is -2.45. The number of nitrogens with zero attached hydrogens (tertiary/aromatic N) is 4. The second-order valence-electron chi connectivity index (χ2n) is 5.95. The highest BCUT2D eigenvalue weighted by atomic mass is 19.4. The van der Waals surface area contributed by atoms with Crippen molar-refractivity contribution in [3.8, 4) is 0 Å². The largest absolute Gasteiger partial charge is 0.416 e. The molecule has 0 spiro atoms. The number of benzene rings is 1. The lowest BCUT2D eigenvalue weighted by Gasteiger charge is -2.33. The minimum absolute atomic E-state index is 0.268. The lowest BCUT2D eigenvalue weighted by atomic mass is 10.2. The summed E-state index contributed by atoms with van der Waals surface area (Å²) in [6.07, 6.45) is -3.04. The van der Waals surface area contributed by atoms with E-state index in [1.54, 1.807) is 0 Å². The number of hydrogen-bond donors (Lipinski definition) is 2. The van der Waals surface area contributed by atoms with Crippen molar-refractivity contribution in [2.45, 2.75) is 6.18 Å². The quantitative estimate of drug-likeness (QED) is 0.885. The van der Waals surface area contributed by atoms with Crippen molar-refractivity contribution in [3.05, 3.63) is 36.2 Å². The second kappa shape index (κ2) is 6.75. The molecule has 134 valence electrons. The molecule has 25 heavy (non-hydrogen) atoms. The zero-order valence-electron chi connectivity index (χ0n) is 13.7. The van der Waals surface area contributed by atoms with Crippen molar-refractivity contribution in [2.75, 3.05) is 49.2 Å². The molecular weight excluding hydrogens is 333 g/mol. The standard InChI is InChI=1S/C16H19F3N6/c1-24-5-7-25(8-6-24)15-13(20)14(21-10-22-15)23-12-4-2-3-11(9-12)16(17,18)19/h2-4,9-10H,5-8,20H2,1H3,(H,21,22,23). The first-order valence-electron chi connectivity index (χ1n) is 7.83. The van der Waals surface area contributed by atoms with Crippen LogP contribution in [0.5, 0.6) is 0 Å². The molecule has 3 rings (SSSR count). The van der Waals surface area contributed by atoms with Crippen molar-refractivity contribution in [1.82, 2.24) is 14.9 Å². The summed E-state index contributed by atoms with van der Waals surface area (Å²) in [4.78, 5) is 12.6. The van der Waals surface area contributed by atoms with Crippen LogP contribution < -0.4 is 16.0 Å². The minimum atomic E-state index is -4.40. The third kappa shape index (κ3) is 3.93. The maximum Gasteiger partial charge on any atom is 0.416 e. The molecule has 1 aliphatic rings. The maximum absolute atomic E-state index is 12.8. The van der Waals surface area contributed by atoms with Crippen molar-refractivity contribution in [1.29, 1.82) is 0 Å². The van der Waals surface area contributed by atoms with Crippen LogP contribution in [-0.2, 0) is 6.18 Å². The molecule has 1 fully saturated rings. The summed E-state index contributed by atoms with van der Waals surface area (Å²) < 4.78 is 38.5. The van der Waals surface area contributed by atoms with Gasteiger partial charge in [-0.1, -0.05) is 6.07 Å². The number of anilines is 4. The highest BCUT2D eigenvalue weighted by Crippen LogP contribution is 2.33. The van der Waals surface area contributed by atoms with Gasteiger partial charge in [0.15, 0.2) is 11.6 Å². The molecule has 1 aliphatic heterocycles. The molecule has 3 N–H and O–H groups in total. The van der Waals surface area contributed by atoms with Gasteiger partial charge in [0.2, 0.25) is 0 Å². The molecule has 6 nitrogen and oxygen atoms in total. The summed E-state index contributed by atoms with van der Waals surface area (Å²) in [6.45, 7) is 3.33. The molecular formula is C16H19F3N6. The molecule has 0 saturated carbocycles. The Morgan fingerprint density at radius 1 is 1.12 bits per heavy atom. The number of halogens is 3. The van der Waals surface area contributed by atoms with E-state index in [2.05, 4.69) is 20.2 Å². The zero-order chi connectivity index (χ0) is 18.0. The molecule has 1 aromatic heterocycles. The number of piperazine rings is 1. The average Bonchev–Trinajstić information content (AvgIpc) is 2.57. The van der Waals surface area contributed by atoms with Gasteiger partial charge in [0.05, 0.1) is 5.56 Å². The first-order chi connectivity index (χ1) is 11.8. The van der Waals surface area contributed by atoms with Gasteiger partial charge in [-0.15, -0.1) is 0 Å². The predicted octanol–water partition coefficient (Wildman–Crippen LogP) is 2.57. The third-order valence-electron chi connectivity index (χ3n) is 4.12. The summed E-state index contributed by atoms with van der Waals surface area (Å²) in [5.74, 6) is 0.890. The minimum Gasteiger partial charge on any atom is -0.393 e. The van der Waals surface area contributed by atoms with Crippen LogP contribution in [0.3, 0.4) is 0 Å². The zero-order valence-corrected chi connectivity index (χ0v) is 13.7. The molecule has 2 aromatic rings. The van der Waals surface area contributed by atoms with Crippen molar-refractivity contribution in [2.24, 2.45) is 0 Å². The van der Waals surface area contributed by atoms with Crippen LogP contribution in [0.1, 0.15) is 5.56 Å². The van der Waals surface area contributed by atoms with Gasteiger partial charge in [-0.3, -0.25) is 0 Å². The summed E-state index contributed by atoms with van der Waals surface area (Å²) in [5.41, 5.74) is 6.02. The lowest BCUT2D eigenvalue weighted by molar-refractivity contribution is -0.137. The Morgan fingerprint density at radius 3 is 2.52 bits per heavy atom. The third-order valence-corrected chi connectivity index (χ3v) is 4.12. The molecule has 2 heterocycles. The van der Waals surface area contributed by atoms with E-state index in [0.717, 1.165) is 38.3 Å². The fourth-order valence-corrected chi connectivity index (χ4v) is 2.67. The van der Waals surface area contributed by atoms with Gasteiger partial charge in [0.1, 0.15) is 12.0 Å². The van der Waals surface area contributed by atoms with E-state index in [0.29, 0.717) is 17.3 Å². The van der Waals surface area contributed by atoms with Crippen LogP contribution in [0.25, 0.3) is 0 Å². The molecule has 1 saturated heterocycles. The van der Waals surface area contributed by atoms with Gasteiger partial charge in [-0.05, 0) is 25.2 Å². The Kier molecular flexibility index (Phi) is 4.67. The molecule has 1 aromatic carbocycles. The van der Waals surface area contributed by atoms with Gasteiger partial charge in [-0.2, -0.15) is 13.2 Å². The smallest absolute Gasteiger partial charge is 0.393 e. The Hall–Kier alpha value is -2.55. The van der Waals surface area contributed by atoms with E-state index in [1.165, 1.54) is 18.5 Å². The van der Waals surface area contributed by atoms with Gasteiger partial charge in [0.25, 0.3) is 0 Å². The van der Waals surface area contributed by atoms with E-state index in [1.807, 2.05) is 11.9 Å². The summed E-state index contributed by atoms with van der Waals surface area (Å²) in [7, 11) is 2.04.